The smallest absolute Gasteiger partial charge is 0.207 e. The van der Waals surface area contributed by atoms with E-state index in [1.807, 2.05) is 0 Å². The zero-order valence-electron chi connectivity index (χ0n) is 9.71. The molecule has 0 aliphatic heterocycles. The summed E-state index contributed by atoms with van der Waals surface area (Å²) in [5.41, 5.74) is 2.74. The SMILES string of the molecule is CC(C)(C)C1=CC=C(CNC=O)CC=C1. The van der Waals surface area contributed by atoms with Gasteiger partial charge in [-0.05, 0) is 23.0 Å². The van der Waals surface area contributed by atoms with Crippen molar-refractivity contribution in [3.63, 3.8) is 0 Å². The van der Waals surface area contributed by atoms with Crippen molar-refractivity contribution in [1.82, 2.24) is 5.32 Å². The number of amides is 1. The highest BCUT2D eigenvalue weighted by atomic mass is 16.1. The Morgan fingerprint density at radius 1 is 1.40 bits per heavy atom. The summed E-state index contributed by atoms with van der Waals surface area (Å²) in [6.45, 7) is 7.24. The topological polar surface area (TPSA) is 29.1 Å². The minimum Gasteiger partial charge on any atom is -0.355 e. The summed E-state index contributed by atoms with van der Waals surface area (Å²) in [7, 11) is 0. The zero-order chi connectivity index (χ0) is 11.3. The largest absolute Gasteiger partial charge is 0.355 e. The molecule has 1 amide bonds. The zero-order valence-corrected chi connectivity index (χ0v) is 9.71. The van der Waals surface area contributed by atoms with E-state index in [4.69, 9.17) is 0 Å². The molecule has 0 spiro atoms. The van der Waals surface area contributed by atoms with E-state index in [0.29, 0.717) is 6.54 Å². The second-order valence-corrected chi connectivity index (χ2v) is 4.80. The van der Waals surface area contributed by atoms with Gasteiger partial charge in [0.2, 0.25) is 6.41 Å². The number of rotatable bonds is 3. The molecule has 2 heteroatoms. The first-order valence-corrected chi connectivity index (χ1v) is 5.28. The molecule has 0 saturated heterocycles. The third-order valence-electron chi connectivity index (χ3n) is 2.45. The van der Waals surface area contributed by atoms with E-state index in [1.165, 1.54) is 11.1 Å². The monoisotopic (exact) mass is 205 g/mol. The van der Waals surface area contributed by atoms with Crippen molar-refractivity contribution in [2.45, 2.75) is 27.2 Å². The van der Waals surface area contributed by atoms with Gasteiger partial charge in [0.05, 0.1) is 0 Å². The van der Waals surface area contributed by atoms with E-state index in [9.17, 15) is 4.79 Å². The summed E-state index contributed by atoms with van der Waals surface area (Å²) in [6, 6.07) is 0. The second kappa shape index (κ2) is 4.96. The molecule has 1 aliphatic carbocycles. The molecule has 82 valence electrons. The third kappa shape index (κ3) is 3.74. The van der Waals surface area contributed by atoms with E-state index >= 15 is 0 Å². The van der Waals surface area contributed by atoms with Gasteiger partial charge in [-0.3, -0.25) is 4.79 Å². The van der Waals surface area contributed by atoms with Gasteiger partial charge < -0.3 is 5.32 Å². The van der Waals surface area contributed by atoms with Crippen LogP contribution in [0.4, 0.5) is 0 Å². The molecule has 15 heavy (non-hydrogen) atoms. The molecule has 2 nitrogen and oxygen atoms in total. The molecular formula is C13H19NO. The fourth-order valence-corrected chi connectivity index (χ4v) is 1.47. The Kier molecular flexibility index (Phi) is 3.89. The highest BCUT2D eigenvalue weighted by Crippen LogP contribution is 2.28. The fraction of sp³-hybridized carbons (Fsp3) is 0.462. The van der Waals surface area contributed by atoms with Gasteiger partial charge >= 0.3 is 0 Å². The average molecular weight is 205 g/mol. The first-order chi connectivity index (χ1) is 7.04. The Morgan fingerprint density at radius 2 is 2.13 bits per heavy atom. The second-order valence-electron chi connectivity index (χ2n) is 4.80. The van der Waals surface area contributed by atoms with Gasteiger partial charge in [0.15, 0.2) is 0 Å². The maximum absolute atomic E-state index is 10.2. The predicted molar refractivity (Wildman–Crippen MR) is 63.4 cm³/mol. The minimum absolute atomic E-state index is 0.181. The quantitative estimate of drug-likeness (QED) is 0.705. The molecule has 0 unspecified atom stereocenters. The Balaban J connectivity index is 2.75. The number of hydrogen-bond donors (Lipinski definition) is 1. The van der Waals surface area contributed by atoms with Gasteiger partial charge in [0.1, 0.15) is 0 Å². The van der Waals surface area contributed by atoms with E-state index < -0.39 is 0 Å². The predicted octanol–water partition coefficient (Wildman–Crippen LogP) is 2.59. The molecular weight excluding hydrogens is 186 g/mol. The van der Waals surface area contributed by atoms with E-state index in [0.717, 1.165) is 12.8 Å². The minimum atomic E-state index is 0.181. The van der Waals surface area contributed by atoms with Crippen LogP contribution < -0.4 is 5.32 Å². The Morgan fingerprint density at radius 3 is 2.73 bits per heavy atom. The van der Waals surface area contributed by atoms with Gasteiger partial charge in [0, 0.05) is 6.54 Å². The first-order valence-electron chi connectivity index (χ1n) is 5.28. The third-order valence-corrected chi connectivity index (χ3v) is 2.45. The van der Waals surface area contributed by atoms with Gasteiger partial charge in [-0.25, -0.2) is 0 Å². The van der Waals surface area contributed by atoms with Crippen molar-refractivity contribution in [3.05, 3.63) is 35.5 Å². The molecule has 0 atom stereocenters. The lowest BCUT2D eigenvalue weighted by molar-refractivity contribution is -0.109. The molecule has 1 rings (SSSR count). The summed E-state index contributed by atoms with van der Waals surface area (Å²) in [6.07, 6.45) is 10.2. The van der Waals surface area contributed by atoms with Crippen molar-refractivity contribution in [3.8, 4) is 0 Å². The number of carbonyl (C=O) groups is 1. The van der Waals surface area contributed by atoms with Crippen LogP contribution in [0.15, 0.2) is 35.5 Å². The van der Waals surface area contributed by atoms with Crippen LogP contribution in [0.1, 0.15) is 27.2 Å². The van der Waals surface area contributed by atoms with E-state index in [2.05, 4.69) is 50.4 Å². The van der Waals surface area contributed by atoms with Gasteiger partial charge in [-0.2, -0.15) is 0 Å². The number of allylic oxidation sites excluding steroid dienone is 5. The van der Waals surface area contributed by atoms with Crippen molar-refractivity contribution in [1.29, 1.82) is 0 Å². The molecule has 0 aromatic heterocycles. The van der Waals surface area contributed by atoms with Crippen molar-refractivity contribution < 1.29 is 4.79 Å². The Labute approximate surface area is 91.8 Å². The number of nitrogens with one attached hydrogen (secondary N) is 1. The summed E-state index contributed by atoms with van der Waals surface area (Å²) < 4.78 is 0. The first kappa shape index (κ1) is 11.8. The molecule has 0 radical (unpaired) electrons. The van der Waals surface area contributed by atoms with E-state index in [-0.39, 0.29) is 5.41 Å². The summed E-state index contributed by atoms with van der Waals surface area (Å²) in [5, 5.41) is 2.69. The lowest BCUT2D eigenvalue weighted by atomic mass is 9.86. The van der Waals surface area contributed by atoms with Crippen LogP contribution in [-0.4, -0.2) is 13.0 Å². The van der Waals surface area contributed by atoms with Gasteiger partial charge in [0.25, 0.3) is 0 Å². The highest BCUT2D eigenvalue weighted by Gasteiger charge is 2.14. The number of carbonyl (C=O) groups excluding carboxylic acids is 1. The maximum Gasteiger partial charge on any atom is 0.207 e. The lowest BCUT2D eigenvalue weighted by Gasteiger charge is -2.19. The molecule has 1 aliphatic rings. The van der Waals surface area contributed by atoms with Crippen LogP contribution in [0, 0.1) is 5.41 Å². The number of hydrogen-bond acceptors (Lipinski definition) is 1. The normalized spacial score (nSPS) is 16.5. The summed E-state index contributed by atoms with van der Waals surface area (Å²) in [5.74, 6) is 0. The van der Waals surface area contributed by atoms with Gasteiger partial charge in [-0.15, -0.1) is 0 Å². The molecule has 0 saturated carbocycles. The van der Waals surface area contributed by atoms with E-state index in [1.54, 1.807) is 0 Å². The molecule has 1 N–H and O–H groups in total. The van der Waals surface area contributed by atoms with Crippen LogP contribution in [0.3, 0.4) is 0 Å². The standard InChI is InChI=1S/C13H19NO/c1-13(2,3)12-6-4-5-11(7-8-12)9-14-10-15/h4,6-8,10H,5,9H2,1-3H3,(H,14,15). The summed E-state index contributed by atoms with van der Waals surface area (Å²) >= 11 is 0. The van der Waals surface area contributed by atoms with Crippen molar-refractivity contribution >= 4 is 6.41 Å². The Hall–Kier alpha value is -1.31. The Bertz CT molecular complexity index is 316. The molecule has 0 bridgehead atoms. The van der Waals surface area contributed by atoms with Crippen LogP contribution in [-0.2, 0) is 4.79 Å². The van der Waals surface area contributed by atoms with Crippen molar-refractivity contribution in [2.75, 3.05) is 6.54 Å². The fourth-order valence-electron chi connectivity index (χ4n) is 1.47. The highest BCUT2D eigenvalue weighted by molar-refractivity contribution is 5.47. The van der Waals surface area contributed by atoms with Crippen molar-refractivity contribution in [2.24, 2.45) is 5.41 Å². The maximum atomic E-state index is 10.2. The van der Waals surface area contributed by atoms with Crippen LogP contribution in [0.2, 0.25) is 0 Å². The molecule has 0 aromatic carbocycles. The molecule has 0 fully saturated rings. The molecule has 0 heterocycles. The molecule has 0 aromatic rings. The average Bonchev–Trinajstić information content (AvgIpc) is 2.38. The van der Waals surface area contributed by atoms with Gasteiger partial charge in [-0.1, -0.05) is 45.1 Å². The van der Waals surface area contributed by atoms with Crippen LogP contribution in [0.5, 0.6) is 0 Å². The van der Waals surface area contributed by atoms with Crippen LogP contribution in [0.25, 0.3) is 0 Å². The lowest BCUT2D eigenvalue weighted by Crippen LogP contribution is -2.13. The van der Waals surface area contributed by atoms with Crippen LogP contribution >= 0.6 is 0 Å². The summed E-state index contributed by atoms with van der Waals surface area (Å²) in [4.78, 5) is 10.2.